The van der Waals surface area contributed by atoms with Crippen molar-refractivity contribution in [3.63, 3.8) is 0 Å². The van der Waals surface area contributed by atoms with Gasteiger partial charge >= 0.3 is 0 Å². The molecular weight excluding hydrogens is 1320 g/mol. The van der Waals surface area contributed by atoms with Gasteiger partial charge in [-0.25, -0.2) is 9.36 Å². The number of amides is 7. The van der Waals surface area contributed by atoms with Crippen LogP contribution in [-0.4, -0.2) is 183 Å². The van der Waals surface area contributed by atoms with Gasteiger partial charge < -0.3 is 61.8 Å². The third-order valence-corrected chi connectivity index (χ3v) is 22.1. The molecule has 6 heterocycles. The molecule has 4 aliphatic heterocycles. The van der Waals surface area contributed by atoms with Gasteiger partial charge in [0.05, 0.1) is 62.4 Å². The van der Waals surface area contributed by atoms with Crippen LogP contribution in [-0.2, 0) is 69.1 Å². The van der Waals surface area contributed by atoms with Crippen molar-refractivity contribution in [3.05, 3.63) is 167 Å². The van der Waals surface area contributed by atoms with E-state index in [4.69, 9.17) is 9.47 Å². The van der Waals surface area contributed by atoms with Crippen LogP contribution in [0.4, 0.5) is 0 Å². The molecule has 4 aromatic carbocycles. The highest BCUT2D eigenvalue weighted by atomic mass is 16.5. The zero-order chi connectivity index (χ0) is 72.7. The van der Waals surface area contributed by atoms with E-state index >= 15 is 0 Å². The molecule has 2 aromatic heterocycles. The average molecular weight is 1430 g/mol. The normalized spacial score (nSPS) is 23.4. The molecule has 6 aromatic rings. The maximum atomic E-state index is 14.9. The molecule has 0 radical (unpaired) electrons. The van der Waals surface area contributed by atoms with Gasteiger partial charge in [-0.15, -0.1) is 10.2 Å². The van der Waals surface area contributed by atoms with Gasteiger partial charge in [0.2, 0.25) is 41.4 Å². The summed E-state index contributed by atoms with van der Waals surface area (Å²) in [6, 6.07) is 34.0. The van der Waals surface area contributed by atoms with E-state index < -0.39 is 54.3 Å². The van der Waals surface area contributed by atoms with E-state index in [2.05, 4.69) is 75.3 Å². The number of fused-ring (bicyclic) bond motifs is 2. The maximum Gasteiger partial charge on any atom is 0.246 e. The van der Waals surface area contributed by atoms with Crippen LogP contribution in [0.15, 0.2) is 134 Å². The number of rotatable bonds is 36. The molecule has 5 fully saturated rings. The molecule has 558 valence electrons. The van der Waals surface area contributed by atoms with Gasteiger partial charge in [-0.3, -0.25) is 33.6 Å². The number of carbonyl (C=O) groups excluding carboxylic acids is 7. The summed E-state index contributed by atoms with van der Waals surface area (Å²) in [6.07, 6.45) is 15.3. The van der Waals surface area contributed by atoms with Gasteiger partial charge in [0.15, 0.2) is 0 Å². The van der Waals surface area contributed by atoms with Gasteiger partial charge in [-0.1, -0.05) is 146 Å². The first-order valence-electron chi connectivity index (χ1n) is 38.1. The van der Waals surface area contributed by atoms with Gasteiger partial charge in [0, 0.05) is 63.3 Å². The summed E-state index contributed by atoms with van der Waals surface area (Å²) in [4.78, 5) is 103. The molecule has 8 N–H and O–H groups in total. The lowest BCUT2D eigenvalue weighted by Gasteiger charge is -2.33. The minimum atomic E-state index is -0.947. The Kier molecular flexibility index (Phi) is 28.1. The van der Waals surface area contributed by atoms with E-state index in [0.29, 0.717) is 140 Å². The van der Waals surface area contributed by atoms with Gasteiger partial charge in [-0.05, 0) is 157 Å². The third-order valence-electron chi connectivity index (χ3n) is 22.1. The number of carbonyl (C=O) groups is 7. The van der Waals surface area contributed by atoms with E-state index in [1.807, 2.05) is 135 Å². The topological polar surface area (TPSA) is 302 Å². The Labute approximate surface area is 611 Å². The van der Waals surface area contributed by atoms with Crippen molar-refractivity contribution in [1.29, 1.82) is 0 Å². The fourth-order valence-electron chi connectivity index (χ4n) is 16.1. The van der Waals surface area contributed by atoms with Crippen LogP contribution in [0.1, 0.15) is 162 Å². The van der Waals surface area contributed by atoms with Gasteiger partial charge in [0.1, 0.15) is 29.9 Å². The first-order valence-corrected chi connectivity index (χ1v) is 38.1. The molecule has 25 heteroatoms. The molecular formula is C79H108N16O9. The van der Waals surface area contributed by atoms with Crippen LogP contribution < -0.4 is 42.5 Å². The molecule has 0 unspecified atom stereocenters. The zero-order valence-corrected chi connectivity index (χ0v) is 60.9. The van der Waals surface area contributed by atoms with Crippen LogP contribution in [0.5, 0.6) is 0 Å². The first kappa shape index (κ1) is 76.4. The van der Waals surface area contributed by atoms with E-state index in [0.717, 1.165) is 55.2 Å². The van der Waals surface area contributed by atoms with Crippen LogP contribution in [0.2, 0.25) is 0 Å². The highest BCUT2D eigenvalue weighted by Crippen LogP contribution is 2.38. The summed E-state index contributed by atoms with van der Waals surface area (Å²) in [7, 11) is 3.47. The number of aryl methyl sites for hydroxylation is 1. The second kappa shape index (κ2) is 38.3. The summed E-state index contributed by atoms with van der Waals surface area (Å²) >= 11 is 0. The second-order valence-electron chi connectivity index (χ2n) is 28.9. The lowest BCUT2D eigenvalue weighted by Crippen LogP contribution is -2.59. The predicted octanol–water partition coefficient (Wildman–Crippen LogP) is 6.25. The van der Waals surface area contributed by atoms with Crippen LogP contribution in [0.25, 0.3) is 0 Å². The fourth-order valence-corrected chi connectivity index (χ4v) is 16.1. The summed E-state index contributed by atoms with van der Waals surface area (Å²) in [5.41, 5.74) is 5.13. The van der Waals surface area contributed by atoms with Crippen molar-refractivity contribution in [2.45, 2.75) is 203 Å². The minimum Gasteiger partial charge on any atom is -0.379 e. The van der Waals surface area contributed by atoms with Gasteiger partial charge in [-0.2, -0.15) is 0 Å². The monoisotopic (exact) mass is 1420 g/mol. The molecule has 25 nitrogen and oxygen atoms in total. The number of hydrogen-bond donors (Lipinski definition) is 8. The standard InChI is InChI=1S/C79H108N16O9/c1-5-64(80-3)74(97)86-72-59(41-42-82-47-53-19-11-7-12-20-53)31-34-62-36-39-68(94(62)78(72)101)77(100)85-71(58-25-17-10-18-26-58)66-50-93(91-89-66)44-46-104-52-55-29-27-54(28-30-55)51-103-45-43-92-49-61(88-90-92)33-40-69(96)83-48-60-32-35-63-37-38-67(95(63)79(102)73(60)87-75(98)65(6-2)81-4)76(99)84-70(56-21-13-8-14-22-56)57-23-15-9-16-24-57/h7-26,49-50,54-55,59-60,62-65,67-68,70-73,80-82H,5-6,27-48,51-52H2,1-4H3,(H,83,96)(H,84,99)(H,85,100)(H,86,97)(H,87,98)/t54?,55?,59-,60-,62+,63+,64+,65+,67+,68+,71+,72+,73+/m1/s1. The van der Waals surface area contributed by atoms with Crippen molar-refractivity contribution in [2.24, 2.45) is 23.7 Å². The number of nitrogens with one attached hydrogen (secondary N) is 8. The van der Waals surface area contributed by atoms with E-state index in [1.54, 1.807) is 33.3 Å². The summed E-state index contributed by atoms with van der Waals surface area (Å²) < 4.78 is 15.9. The SMILES string of the molecule is CC[C@H](NC)C(=O)N[C@@H]1C(=O)N2[C@@H](CC[C@@H]1CNC(=O)CCc1cn(CCOCC3CCC(COCCn4cc([C@@H](NC(=O)[C@@H]5CC[C@@H]6CC[C@H](CCNCc7ccccc7)[C@H](NC(=O)[C@H](CC)NC)C(=O)N65)c5ccccc5)nn4)CC3)nn1)CC[C@H]2C(=O)NC(c1ccccc1)c1ccccc1. The lowest BCUT2D eigenvalue weighted by molar-refractivity contribution is -0.143. The Morgan fingerprint density at radius 1 is 0.538 bits per heavy atom. The van der Waals surface area contributed by atoms with Crippen molar-refractivity contribution in [2.75, 3.05) is 53.6 Å². The average Bonchev–Trinajstić information content (AvgIpc) is 1.64. The Balaban J connectivity index is 0.591. The molecule has 0 spiro atoms. The first-order chi connectivity index (χ1) is 50.8. The van der Waals surface area contributed by atoms with Crippen LogP contribution in [0.3, 0.4) is 0 Å². The van der Waals surface area contributed by atoms with Crippen molar-refractivity contribution in [3.8, 4) is 0 Å². The zero-order valence-electron chi connectivity index (χ0n) is 60.9. The molecule has 5 aliphatic rings. The smallest absolute Gasteiger partial charge is 0.246 e. The molecule has 4 saturated heterocycles. The van der Waals surface area contributed by atoms with Crippen LogP contribution >= 0.6 is 0 Å². The quantitative estimate of drug-likeness (QED) is 0.0202. The van der Waals surface area contributed by atoms with E-state index in [1.165, 1.54) is 5.56 Å². The number of benzene rings is 4. The van der Waals surface area contributed by atoms with Crippen molar-refractivity contribution >= 4 is 41.4 Å². The molecule has 11 rings (SSSR count). The Hall–Kier alpha value is -8.75. The number of nitrogens with zero attached hydrogens (tertiary/aromatic N) is 8. The Morgan fingerprint density at radius 3 is 1.52 bits per heavy atom. The van der Waals surface area contributed by atoms with Gasteiger partial charge in [0.25, 0.3) is 0 Å². The largest absolute Gasteiger partial charge is 0.379 e. The number of hydrogen-bond acceptors (Lipinski definition) is 16. The molecule has 1 saturated carbocycles. The molecule has 11 atom stereocenters. The summed E-state index contributed by atoms with van der Waals surface area (Å²) in [6.45, 7) is 8.62. The lowest BCUT2D eigenvalue weighted by atomic mass is 9.83. The predicted molar refractivity (Wildman–Crippen MR) is 393 cm³/mol. The number of aromatic nitrogens is 6. The Morgan fingerprint density at radius 2 is 1.00 bits per heavy atom. The summed E-state index contributed by atoms with van der Waals surface area (Å²) in [5.74, 6) is -1.36. The number of ether oxygens (including phenoxy) is 2. The van der Waals surface area contributed by atoms with Crippen LogP contribution in [0, 0.1) is 23.7 Å². The highest BCUT2D eigenvalue weighted by Gasteiger charge is 2.50. The van der Waals surface area contributed by atoms with Crippen molar-refractivity contribution < 1.29 is 43.0 Å². The fraction of sp³-hybridized carbons (Fsp3) is 0.557. The Bertz CT molecular complexity index is 3660. The van der Waals surface area contributed by atoms with Crippen molar-refractivity contribution in [1.82, 2.24) is 82.3 Å². The highest BCUT2D eigenvalue weighted by molar-refractivity contribution is 5.96. The minimum absolute atomic E-state index is 0.108. The van der Waals surface area contributed by atoms with E-state index in [9.17, 15) is 33.6 Å². The molecule has 7 amide bonds. The second-order valence-corrected chi connectivity index (χ2v) is 28.9. The molecule has 104 heavy (non-hydrogen) atoms. The maximum absolute atomic E-state index is 14.9. The number of likely N-dealkylation sites (N-methyl/N-ethyl adjacent to an activating group) is 2. The summed E-state index contributed by atoms with van der Waals surface area (Å²) in [5, 5.41) is 43.2. The van der Waals surface area contributed by atoms with E-state index in [-0.39, 0.29) is 72.3 Å². The molecule has 1 aliphatic carbocycles. The third kappa shape index (κ3) is 20.2. The molecule has 0 bridgehead atoms.